The van der Waals surface area contributed by atoms with E-state index in [1.54, 1.807) is 0 Å². The van der Waals surface area contributed by atoms with Gasteiger partial charge < -0.3 is 11.1 Å². The zero-order valence-corrected chi connectivity index (χ0v) is 12.2. The fraction of sp³-hybridized carbons (Fsp3) is 0.571. The molecule has 2 nitrogen and oxygen atoms in total. The highest BCUT2D eigenvalue weighted by molar-refractivity contribution is 9.10. The van der Waals surface area contributed by atoms with Gasteiger partial charge >= 0.3 is 0 Å². The Morgan fingerprint density at radius 3 is 2.53 bits per heavy atom. The maximum Gasteiger partial charge on any atom is 0.0493 e. The molecular weight excluding hydrogens is 276 g/mol. The molecule has 1 aromatic carbocycles. The Morgan fingerprint density at radius 2 is 1.88 bits per heavy atom. The second kappa shape index (κ2) is 4.89. The SMILES string of the molecule is Cc1cc(NC2(C)CCCCC2)c(Br)cc1N. The summed E-state index contributed by atoms with van der Waals surface area (Å²) in [5.74, 6) is 0. The quantitative estimate of drug-likeness (QED) is 0.790. The van der Waals surface area contributed by atoms with Gasteiger partial charge in [-0.25, -0.2) is 0 Å². The first kappa shape index (κ1) is 12.7. The number of nitrogen functional groups attached to an aromatic ring is 1. The molecule has 1 aliphatic carbocycles. The summed E-state index contributed by atoms with van der Waals surface area (Å²) in [4.78, 5) is 0. The van der Waals surface area contributed by atoms with Gasteiger partial charge in [-0.15, -0.1) is 0 Å². The molecule has 1 aliphatic rings. The van der Waals surface area contributed by atoms with Crippen molar-refractivity contribution in [1.82, 2.24) is 0 Å². The first-order valence-corrected chi connectivity index (χ1v) is 7.13. The van der Waals surface area contributed by atoms with Gasteiger partial charge in [-0.1, -0.05) is 19.3 Å². The smallest absolute Gasteiger partial charge is 0.0493 e. The molecule has 3 heteroatoms. The monoisotopic (exact) mass is 296 g/mol. The van der Waals surface area contributed by atoms with E-state index in [2.05, 4.69) is 41.2 Å². The Hall–Kier alpha value is -0.700. The largest absolute Gasteiger partial charge is 0.398 e. The predicted molar refractivity (Wildman–Crippen MR) is 78.4 cm³/mol. The summed E-state index contributed by atoms with van der Waals surface area (Å²) in [5, 5.41) is 3.69. The third kappa shape index (κ3) is 2.95. The summed E-state index contributed by atoms with van der Waals surface area (Å²) in [6, 6.07) is 4.13. The van der Waals surface area contributed by atoms with Crippen LogP contribution in [-0.4, -0.2) is 5.54 Å². The lowest BCUT2D eigenvalue weighted by Gasteiger charge is -2.36. The van der Waals surface area contributed by atoms with Crippen LogP contribution in [0.25, 0.3) is 0 Å². The molecule has 0 aliphatic heterocycles. The van der Waals surface area contributed by atoms with E-state index in [1.807, 2.05) is 6.07 Å². The third-order valence-corrected chi connectivity index (χ3v) is 4.41. The summed E-state index contributed by atoms with van der Waals surface area (Å²) in [6.45, 7) is 4.38. The van der Waals surface area contributed by atoms with E-state index in [-0.39, 0.29) is 5.54 Å². The van der Waals surface area contributed by atoms with Crippen LogP contribution in [0.4, 0.5) is 11.4 Å². The first-order valence-electron chi connectivity index (χ1n) is 6.34. The fourth-order valence-electron chi connectivity index (χ4n) is 2.57. The van der Waals surface area contributed by atoms with E-state index in [0.29, 0.717) is 0 Å². The van der Waals surface area contributed by atoms with Gasteiger partial charge in [0.25, 0.3) is 0 Å². The van der Waals surface area contributed by atoms with Crippen molar-refractivity contribution in [3.8, 4) is 0 Å². The fourth-order valence-corrected chi connectivity index (χ4v) is 3.04. The Kier molecular flexibility index (Phi) is 3.67. The molecule has 0 aromatic heterocycles. The molecule has 0 spiro atoms. The Bertz CT molecular complexity index is 409. The molecule has 1 saturated carbocycles. The zero-order chi connectivity index (χ0) is 12.5. The van der Waals surface area contributed by atoms with Crippen molar-refractivity contribution >= 4 is 27.3 Å². The van der Waals surface area contributed by atoms with Crippen LogP contribution in [0.1, 0.15) is 44.6 Å². The summed E-state index contributed by atoms with van der Waals surface area (Å²) in [6.07, 6.45) is 6.54. The molecule has 0 saturated heterocycles. The molecule has 3 N–H and O–H groups in total. The van der Waals surface area contributed by atoms with Crippen molar-refractivity contribution in [3.63, 3.8) is 0 Å². The van der Waals surface area contributed by atoms with Gasteiger partial charge in [0.15, 0.2) is 0 Å². The number of hydrogen-bond acceptors (Lipinski definition) is 2. The molecule has 0 bridgehead atoms. The number of aryl methyl sites for hydroxylation is 1. The maximum absolute atomic E-state index is 5.90. The highest BCUT2D eigenvalue weighted by atomic mass is 79.9. The number of benzene rings is 1. The minimum absolute atomic E-state index is 0.239. The van der Waals surface area contributed by atoms with E-state index in [4.69, 9.17) is 5.73 Å². The van der Waals surface area contributed by atoms with Crippen LogP contribution in [0, 0.1) is 6.92 Å². The summed E-state index contributed by atoms with van der Waals surface area (Å²) < 4.78 is 1.06. The molecular formula is C14H21BrN2. The summed E-state index contributed by atoms with van der Waals surface area (Å²) in [7, 11) is 0. The lowest BCUT2D eigenvalue weighted by Crippen LogP contribution is -2.36. The van der Waals surface area contributed by atoms with Crippen LogP contribution < -0.4 is 11.1 Å². The van der Waals surface area contributed by atoms with Crippen LogP contribution in [0.5, 0.6) is 0 Å². The topological polar surface area (TPSA) is 38.0 Å². The second-order valence-corrected chi connectivity index (χ2v) is 6.29. The predicted octanol–water partition coefficient (Wildman–Crippen LogP) is 4.47. The van der Waals surface area contributed by atoms with E-state index < -0.39 is 0 Å². The van der Waals surface area contributed by atoms with Gasteiger partial charge in [-0.3, -0.25) is 0 Å². The normalized spacial score (nSPS) is 19.0. The van der Waals surface area contributed by atoms with Crippen LogP contribution >= 0.6 is 15.9 Å². The number of rotatable bonds is 2. The highest BCUT2D eigenvalue weighted by Crippen LogP contribution is 2.35. The van der Waals surface area contributed by atoms with E-state index in [9.17, 15) is 0 Å². The van der Waals surface area contributed by atoms with Crippen molar-refractivity contribution in [1.29, 1.82) is 0 Å². The lowest BCUT2D eigenvalue weighted by atomic mass is 9.83. The minimum atomic E-state index is 0.239. The Labute approximate surface area is 112 Å². The van der Waals surface area contributed by atoms with E-state index in [1.165, 1.54) is 37.8 Å². The van der Waals surface area contributed by atoms with Crippen molar-refractivity contribution in [3.05, 3.63) is 22.2 Å². The van der Waals surface area contributed by atoms with Gasteiger partial charge in [0.1, 0.15) is 0 Å². The van der Waals surface area contributed by atoms with Gasteiger partial charge in [0.05, 0.1) is 0 Å². The van der Waals surface area contributed by atoms with Crippen LogP contribution in [0.3, 0.4) is 0 Å². The molecule has 2 rings (SSSR count). The first-order chi connectivity index (χ1) is 8.00. The van der Waals surface area contributed by atoms with Gasteiger partial charge in [0.2, 0.25) is 0 Å². The Morgan fingerprint density at radius 1 is 1.24 bits per heavy atom. The molecule has 1 fully saturated rings. The second-order valence-electron chi connectivity index (χ2n) is 5.43. The summed E-state index contributed by atoms with van der Waals surface area (Å²) in [5.41, 5.74) is 9.28. The van der Waals surface area contributed by atoms with E-state index in [0.717, 1.165) is 15.7 Å². The number of anilines is 2. The average Bonchev–Trinajstić information content (AvgIpc) is 2.26. The molecule has 94 valence electrons. The zero-order valence-electron chi connectivity index (χ0n) is 10.6. The molecule has 0 radical (unpaired) electrons. The molecule has 0 heterocycles. The molecule has 0 atom stereocenters. The Balaban J connectivity index is 2.20. The standard InChI is InChI=1S/C14H21BrN2/c1-10-8-13(11(15)9-12(10)16)17-14(2)6-4-3-5-7-14/h8-9,17H,3-7,16H2,1-2H3. The molecule has 17 heavy (non-hydrogen) atoms. The average molecular weight is 297 g/mol. The van der Waals surface area contributed by atoms with Crippen molar-refractivity contribution < 1.29 is 0 Å². The molecule has 0 unspecified atom stereocenters. The van der Waals surface area contributed by atoms with Crippen molar-refractivity contribution in [2.75, 3.05) is 11.1 Å². The maximum atomic E-state index is 5.90. The molecule has 1 aromatic rings. The van der Waals surface area contributed by atoms with Gasteiger partial charge in [0, 0.05) is 21.4 Å². The van der Waals surface area contributed by atoms with Crippen molar-refractivity contribution in [2.45, 2.75) is 51.5 Å². The number of hydrogen-bond donors (Lipinski definition) is 2. The van der Waals surface area contributed by atoms with Crippen LogP contribution in [-0.2, 0) is 0 Å². The van der Waals surface area contributed by atoms with Crippen LogP contribution in [0.15, 0.2) is 16.6 Å². The van der Waals surface area contributed by atoms with Crippen LogP contribution in [0.2, 0.25) is 0 Å². The van der Waals surface area contributed by atoms with Gasteiger partial charge in [-0.05, 0) is 60.3 Å². The molecule has 0 amide bonds. The van der Waals surface area contributed by atoms with Crippen molar-refractivity contribution in [2.24, 2.45) is 0 Å². The summed E-state index contributed by atoms with van der Waals surface area (Å²) >= 11 is 3.59. The van der Waals surface area contributed by atoms with Gasteiger partial charge in [-0.2, -0.15) is 0 Å². The number of nitrogens with one attached hydrogen (secondary N) is 1. The number of halogens is 1. The lowest BCUT2D eigenvalue weighted by molar-refractivity contribution is 0.349. The minimum Gasteiger partial charge on any atom is -0.398 e. The third-order valence-electron chi connectivity index (χ3n) is 3.75. The highest BCUT2D eigenvalue weighted by Gasteiger charge is 2.26. The van der Waals surface area contributed by atoms with E-state index >= 15 is 0 Å². The number of nitrogens with two attached hydrogens (primary N) is 1.